The summed E-state index contributed by atoms with van der Waals surface area (Å²) < 4.78 is 0. The van der Waals surface area contributed by atoms with Crippen LogP contribution in [0.4, 0.5) is 0 Å². The van der Waals surface area contributed by atoms with E-state index in [1.807, 2.05) is 31.2 Å². The van der Waals surface area contributed by atoms with Gasteiger partial charge >= 0.3 is 0 Å². The molecule has 2 rings (SSSR count). The smallest absolute Gasteiger partial charge is 0.237 e. The van der Waals surface area contributed by atoms with Gasteiger partial charge in [0, 0.05) is 11.1 Å². The molecule has 5 nitrogen and oxygen atoms in total. The van der Waals surface area contributed by atoms with Crippen molar-refractivity contribution in [2.45, 2.75) is 23.9 Å². The van der Waals surface area contributed by atoms with Crippen LogP contribution in [0.2, 0.25) is 0 Å². The van der Waals surface area contributed by atoms with Crippen LogP contribution in [0, 0.1) is 0 Å². The number of nitrogens with zero attached hydrogens (tertiary/aromatic N) is 2. The third-order valence-electron chi connectivity index (χ3n) is 3.44. The number of likely N-dealkylation sites (N-methyl/N-ethyl adjacent to an activating group) is 1. The highest BCUT2D eigenvalue weighted by atomic mass is 32.2. The quantitative estimate of drug-likeness (QED) is 0.623. The standard InChI is InChI=1S/C14H18N4OS/c1-14(16-2,13(15)19)7-8-20-12-10-5-3-4-6-11(10)17-9-18-12/h3-6,9,16H,7-8H2,1-2H3,(H2,15,19). The van der Waals surface area contributed by atoms with E-state index in [-0.39, 0.29) is 5.91 Å². The van der Waals surface area contributed by atoms with Gasteiger partial charge in [0.2, 0.25) is 5.91 Å². The van der Waals surface area contributed by atoms with Crippen molar-refractivity contribution in [2.24, 2.45) is 5.73 Å². The number of rotatable bonds is 6. The van der Waals surface area contributed by atoms with E-state index in [2.05, 4.69) is 15.3 Å². The maximum absolute atomic E-state index is 11.4. The molecule has 1 unspecified atom stereocenters. The molecule has 1 atom stereocenters. The second kappa shape index (κ2) is 6.19. The van der Waals surface area contributed by atoms with Gasteiger partial charge in [0.1, 0.15) is 11.4 Å². The first-order valence-electron chi connectivity index (χ1n) is 6.38. The Hall–Kier alpha value is -1.66. The molecular formula is C14H18N4OS. The zero-order chi connectivity index (χ0) is 14.6. The number of aromatic nitrogens is 2. The van der Waals surface area contributed by atoms with Gasteiger partial charge in [-0.05, 0) is 26.5 Å². The number of para-hydroxylation sites is 1. The highest BCUT2D eigenvalue weighted by Crippen LogP contribution is 2.26. The van der Waals surface area contributed by atoms with Crippen LogP contribution in [0.1, 0.15) is 13.3 Å². The Balaban J connectivity index is 2.09. The van der Waals surface area contributed by atoms with Crippen LogP contribution in [0.3, 0.4) is 0 Å². The molecule has 20 heavy (non-hydrogen) atoms. The second-order valence-electron chi connectivity index (χ2n) is 4.74. The summed E-state index contributed by atoms with van der Waals surface area (Å²) in [5.41, 5.74) is 5.66. The van der Waals surface area contributed by atoms with Crippen molar-refractivity contribution in [3.8, 4) is 0 Å². The van der Waals surface area contributed by atoms with Crippen LogP contribution < -0.4 is 11.1 Å². The number of carbonyl (C=O) groups is 1. The number of carbonyl (C=O) groups excluding carboxylic acids is 1. The molecule has 0 bridgehead atoms. The van der Waals surface area contributed by atoms with Crippen molar-refractivity contribution in [3.05, 3.63) is 30.6 Å². The average molecular weight is 290 g/mol. The van der Waals surface area contributed by atoms with E-state index < -0.39 is 5.54 Å². The first kappa shape index (κ1) is 14.7. The first-order valence-corrected chi connectivity index (χ1v) is 7.37. The van der Waals surface area contributed by atoms with E-state index >= 15 is 0 Å². The Morgan fingerprint density at radius 2 is 2.15 bits per heavy atom. The fourth-order valence-electron chi connectivity index (χ4n) is 1.82. The molecule has 0 saturated carbocycles. The van der Waals surface area contributed by atoms with E-state index in [9.17, 15) is 4.79 Å². The van der Waals surface area contributed by atoms with Gasteiger partial charge in [-0.3, -0.25) is 4.79 Å². The third kappa shape index (κ3) is 3.08. The van der Waals surface area contributed by atoms with Crippen LogP contribution in [0.25, 0.3) is 10.9 Å². The molecule has 0 saturated heterocycles. The van der Waals surface area contributed by atoms with Crippen LogP contribution in [0.5, 0.6) is 0 Å². The normalized spacial score (nSPS) is 14.1. The molecule has 0 aliphatic heterocycles. The minimum atomic E-state index is -0.685. The number of nitrogens with two attached hydrogens (primary N) is 1. The van der Waals surface area contributed by atoms with E-state index in [1.165, 1.54) is 0 Å². The molecule has 1 aromatic carbocycles. The number of benzene rings is 1. The minimum absolute atomic E-state index is 0.340. The summed E-state index contributed by atoms with van der Waals surface area (Å²) >= 11 is 1.61. The number of primary amides is 1. The largest absolute Gasteiger partial charge is 0.368 e. The fourth-order valence-corrected chi connectivity index (χ4v) is 2.97. The molecule has 0 aliphatic carbocycles. The number of fused-ring (bicyclic) bond motifs is 1. The zero-order valence-corrected chi connectivity index (χ0v) is 12.4. The van der Waals surface area contributed by atoms with Gasteiger partial charge in [-0.1, -0.05) is 18.2 Å². The van der Waals surface area contributed by atoms with Crippen LogP contribution in [0.15, 0.2) is 35.6 Å². The predicted octanol–water partition coefficient (Wildman–Crippen LogP) is 1.58. The predicted molar refractivity (Wildman–Crippen MR) is 81.5 cm³/mol. The van der Waals surface area contributed by atoms with Gasteiger partial charge < -0.3 is 11.1 Å². The lowest BCUT2D eigenvalue weighted by atomic mass is 9.99. The molecule has 0 spiro atoms. The molecule has 3 N–H and O–H groups in total. The number of nitrogens with one attached hydrogen (secondary N) is 1. The summed E-state index contributed by atoms with van der Waals surface area (Å²) in [5.74, 6) is 0.412. The van der Waals surface area contributed by atoms with Crippen molar-refractivity contribution >= 4 is 28.6 Å². The first-order chi connectivity index (χ1) is 9.57. The summed E-state index contributed by atoms with van der Waals surface area (Å²) in [7, 11) is 1.75. The Labute approximate surface area is 122 Å². The molecule has 1 amide bonds. The number of thioether (sulfide) groups is 1. The number of hydrogen-bond donors (Lipinski definition) is 2. The highest BCUT2D eigenvalue weighted by Gasteiger charge is 2.28. The number of hydrogen-bond acceptors (Lipinski definition) is 5. The lowest BCUT2D eigenvalue weighted by Gasteiger charge is -2.25. The Morgan fingerprint density at radius 1 is 1.40 bits per heavy atom. The van der Waals surface area contributed by atoms with Gasteiger partial charge in [0.05, 0.1) is 11.1 Å². The van der Waals surface area contributed by atoms with Crippen molar-refractivity contribution in [1.29, 1.82) is 0 Å². The molecular weight excluding hydrogens is 272 g/mol. The van der Waals surface area contributed by atoms with Gasteiger partial charge in [0.15, 0.2) is 0 Å². The van der Waals surface area contributed by atoms with Crippen LogP contribution in [-0.2, 0) is 4.79 Å². The second-order valence-corrected chi connectivity index (χ2v) is 5.82. The molecule has 0 radical (unpaired) electrons. The van der Waals surface area contributed by atoms with Gasteiger partial charge in [-0.15, -0.1) is 11.8 Å². The van der Waals surface area contributed by atoms with E-state index in [4.69, 9.17) is 5.73 Å². The van der Waals surface area contributed by atoms with Crippen molar-refractivity contribution in [1.82, 2.24) is 15.3 Å². The minimum Gasteiger partial charge on any atom is -0.368 e. The summed E-state index contributed by atoms with van der Waals surface area (Å²) in [6.45, 7) is 1.81. The lowest BCUT2D eigenvalue weighted by Crippen LogP contribution is -2.51. The molecule has 0 fully saturated rings. The van der Waals surface area contributed by atoms with E-state index in [0.717, 1.165) is 21.7 Å². The molecule has 2 aromatic rings. The monoisotopic (exact) mass is 290 g/mol. The van der Waals surface area contributed by atoms with Gasteiger partial charge in [0.25, 0.3) is 0 Å². The van der Waals surface area contributed by atoms with Crippen LogP contribution in [-0.4, -0.2) is 34.2 Å². The molecule has 106 valence electrons. The summed E-state index contributed by atoms with van der Waals surface area (Å²) in [6, 6.07) is 7.89. The molecule has 0 aliphatic rings. The molecule has 1 heterocycles. The Morgan fingerprint density at radius 3 is 2.85 bits per heavy atom. The molecule has 6 heteroatoms. The van der Waals surface area contributed by atoms with Gasteiger partial charge in [-0.2, -0.15) is 0 Å². The fraction of sp³-hybridized carbons (Fsp3) is 0.357. The SMILES string of the molecule is CNC(C)(CCSc1ncnc2ccccc12)C(N)=O. The highest BCUT2D eigenvalue weighted by molar-refractivity contribution is 7.99. The maximum atomic E-state index is 11.4. The topological polar surface area (TPSA) is 80.9 Å². The van der Waals surface area contributed by atoms with E-state index in [1.54, 1.807) is 25.1 Å². The third-order valence-corrected chi connectivity index (χ3v) is 4.45. The lowest BCUT2D eigenvalue weighted by molar-refractivity contribution is -0.123. The average Bonchev–Trinajstić information content (AvgIpc) is 2.47. The molecule has 1 aromatic heterocycles. The zero-order valence-electron chi connectivity index (χ0n) is 11.6. The van der Waals surface area contributed by atoms with Crippen molar-refractivity contribution < 1.29 is 4.79 Å². The Kier molecular flexibility index (Phi) is 4.57. The summed E-state index contributed by atoms with van der Waals surface area (Å²) in [4.78, 5) is 20.0. The van der Waals surface area contributed by atoms with Gasteiger partial charge in [-0.25, -0.2) is 9.97 Å². The Bertz CT molecular complexity index is 614. The number of amides is 1. The van der Waals surface area contributed by atoms with E-state index in [0.29, 0.717) is 6.42 Å². The summed E-state index contributed by atoms with van der Waals surface area (Å²) in [5, 5.41) is 4.94. The summed E-state index contributed by atoms with van der Waals surface area (Å²) in [6.07, 6.45) is 2.21. The maximum Gasteiger partial charge on any atom is 0.237 e. The van der Waals surface area contributed by atoms with Crippen molar-refractivity contribution in [3.63, 3.8) is 0 Å². The van der Waals surface area contributed by atoms with Crippen molar-refractivity contribution in [2.75, 3.05) is 12.8 Å². The van der Waals surface area contributed by atoms with Crippen LogP contribution >= 0.6 is 11.8 Å².